The molecule has 2 rings (SSSR count). The lowest BCUT2D eigenvalue weighted by atomic mass is 10.0. The maximum atomic E-state index is 5.51. The van der Waals surface area contributed by atoms with Gasteiger partial charge in [-0.1, -0.05) is 72.5 Å². The molecule has 0 bridgehead atoms. The van der Waals surface area contributed by atoms with Gasteiger partial charge in [0.05, 0.1) is 10.1 Å². The van der Waals surface area contributed by atoms with Crippen LogP contribution < -0.4 is 0 Å². The summed E-state index contributed by atoms with van der Waals surface area (Å²) in [7, 11) is 0. The Balaban J connectivity index is 2.52. The average molecular weight is 296 g/mol. The van der Waals surface area contributed by atoms with Crippen molar-refractivity contribution < 1.29 is 0 Å². The molecule has 0 unspecified atom stereocenters. The number of hydrogen-bond acceptors (Lipinski definition) is 1. The molecule has 0 saturated heterocycles. The second-order valence-electron chi connectivity index (χ2n) is 3.81. The summed E-state index contributed by atoms with van der Waals surface area (Å²) < 4.78 is -2.00. The molecule has 0 radical (unpaired) electrons. The van der Waals surface area contributed by atoms with Gasteiger partial charge < -0.3 is 0 Å². The van der Waals surface area contributed by atoms with Crippen LogP contribution in [0.1, 0.15) is 16.8 Å². The maximum absolute atomic E-state index is 5.51. The molecule has 0 aliphatic carbocycles. The van der Waals surface area contributed by atoms with E-state index in [1.165, 1.54) is 11.1 Å². The Labute approximate surface area is 118 Å². The molecule has 0 N–H and O–H groups in total. The van der Waals surface area contributed by atoms with Crippen LogP contribution in [0.2, 0.25) is 0 Å². The first-order valence-electron chi connectivity index (χ1n) is 5.24. The van der Waals surface area contributed by atoms with Crippen LogP contribution >= 0.6 is 28.9 Å². The van der Waals surface area contributed by atoms with Crippen LogP contribution in [-0.2, 0) is 11.8 Å². The van der Waals surface area contributed by atoms with Gasteiger partial charge in [0.1, 0.15) is 0 Å². The van der Waals surface area contributed by atoms with Crippen LogP contribution in [0.25, 0.3) is 0 Å². The molecular weight excluding hydrogens is 283 g/mol. The van der Waals surface area contributed by atoms with Gasteiger partial charge in [-0.2, -0.15) is 0 Å². The Morgan fingerprint density at radius 1 is 0.765 bits per heavy atom. The van der Waals surface area contributed by atoms with Crippen LogP contribution in [0.4, 0.5) is 0 Å². The Kier molecular flexibility index (Phi) is 4.37. The molecular formula is C13H13PS3. The van der Waals surface area contributed by atoms with Gasteiger partial charge in [0.25, 0.3) is 0 Å². The smallest absolute Gasteiger partial charge is 0.0628 e. The topological polar surface area (TPSA) is 0 Å². The van der Waals surface area contributed by atoms with E-state index in [0.29, 0.717) is 0 Å². The number of thiol groups is 2. The standard InChI is InChI=1S/C13H13PS3/c15-14(16,17)13(11-7-3-1-4-8-11)12-9-5-2-6-10-12/h1-10,13H,(H2,15,16,17). The Morgan fingerprint density at radius 3 is 1.41 bits per heavy atom. The van der Waals surface area contributed by atoms with Gasteiger partial charge in [0.15, 0.2) is 0 Å². The van der Waals surface area contributed by atoms with Gasteiger partial charge in [-0.25, -0.2) is 0 Å². The molecule has 0 fully saturated rings. The first kappa shape index (κ1) is 13.2. The van der Waals surface area contributed by atoms with Crippen molar-refractivity contribution in [2.45, 2.75) is 5.66 Å². The zero-order chi connectivity index (χ0) is 12.3. The highest BCUT2D eigenvalue weighted by atomic mass is 33.2. The van der Waals surface area contributed by atoms with Crippen molar-refractivity contribution in [1.29, 1.82) is 0 Å². The summed E-state index contributed by atoms with van der Waals surface area (Å²) in [4.78, 5) is 0. The fourth-order valence-corrected chi connectivity index (χ4v) is 5.30. The van der Waals surface area contributed by atoms with E-state index in [2.05, 4.69) is 48.8 Å². The van der Waals surface area contributed by atoms with Gasteiger partial charge in [-0.3, -0.25) is 0 Å². The second-order valence-corrected chi connectivity index (χ2v) is 13.6. The summed E-state index contributed by atoms with van der Waals surface area (Å²) in [6, 6.07) is 20.5. The molecule has 0 aliphatic rings. The third-order valence-electron chi connectivity index (χ3n) is 2.57. The number of benzene rings is 2. The molecule has 0 nitrogen and oxygen atoms in total. The highest BCUT2D eigenvalue weighted by Gasteiger charge is 2.24. The van der Waals surface area contributed by atoms with Crippen molar-refractivity contribution >= 4 is 40.7 Å². The first-order valence-corrected chi connectivity index (χ1v) is 10.4. The Bertz CT molecular complexity index is 479. The predicted octanol–water partition coefficient (Wildman–Crippen LogP) is 4.95. The maximum Gasteiger partial charge on any atom is 0.0628 e. The number of hydrogen-bond donors (Lipinski definition) is 2. The van der Waals surface area contributed by atoms with Crippen LogP contribution in [0.3, 0.4) is 0 Å². The Hall–Kier alpha value is -0.210. The molecule has 0 heterocycles. The summed E-state index contributed by atoms with van der Waals surface area (Å²) in [6.45, 7) is 0. The second kappa shape index (κ2) is 5.62. The SMILES string of the molecule is S=P(S)(S)C(c1ccccc1)c1ccccc1. The lowest BCUT2D eigenvalue weighted by Gasteiger charge is -2.23. The quantitative estimate of drug-likeness (QED) is 0.597. The molecule has 0 spiro atoms. The van der Waals surface area contributed by atoms with Gasteiger partial charge in [-0.15, -0.1) is 24.5 Å². The zero-order valence-corrected chi connectivity index (χ0v) is 12.6. The van der Waals surface area contributed by atoms with E-state index >= 15 is 0 Å². The van der Waals surface area contributed by atoms with Crippen LogP contribution in [0, 0.1) is 0 Å². The largest absolute Gasteiger partial charge is 0.131 e. The zero-order valence-electron chi connectivity index (χ0n) is 9.10. The van der Waals surface area contributed by atoms with Crippen molar-refractivity contribution in [3.05, 3.63) is 71.8 Å². The number of rotatable bonds is 3. The molecule has 0 aliphatic heterocycles. The third kappa shape index (κ3) is 3.38. The molecule has 0 saturated carbocycles. The molecule has 2 aromatic rings. The lowest BCUT2D eigenvalue weighted by molar-refractivity contribution is 1.15. The lowest BCUT2D eigenvalue weighted by Crippen LogP contribution is -1.96. The van der Waals surface area contributed by atoms with Gasteiger partial charge >= 0.3 is 0 Å². The van der Waals surface area contributed by atoms with E-state index in [1.54, 1.807) is 0 Å². The molecule has 2 aromatic carbocycles. The summed E-state index contributed by atoms with van der Waals surface area (Å²) in [5.41, 5.74) is 2.48. The molecule has 0 aromatic heterocycles. The molecule has 88 valence electrons. The van der Waals surface area contributed by atoms with Gasteiger partial charge in [0, 0.05) is 0 Å². The minimum absolute atomic E-state index is 0.103. The van der Waals surface area contributed by atoms with E-state index in [9.17, 15) is 0 Å². The first-order chi connectivity index (χ1) is 8.09. The predicted molar refractivity (Wildman–Crippen MR) is 87.0 cm³/mol. The van der Waals surface area contributed by atoms with Crippen molar-refractivity contribution in [2.24, 2.45) is 0 Å². The highest BCUT2D eigenvalue weighted by molar-refractivity contribution is 8.92. The van der Waals surface area contributed by atoms with Crippen LogP contribution in [0.15, 0.2) is 60.7 Å². The van der Waals surface area contributed by atoms with E-state index < -0.39 is 4.44 Å². The molecule has 0 amide bonds. The summed E-state index contributed by atoms with van der Waals surface area (Å²) in [5, 5.41) is 0. The summed E-state index contributed by atoms with van der Waals surface area (Å²) in [5.74, 6) is 0. The molecule has 0 atom stereocenters. The Morgan fingerprint density at radius 2 is 1.12 bits per heavy atom. The van der Waals surface area contributed by atoms with Crippen molar-refractivity contribution in [2.75, 3.05) is 0 Å². The molecule has 4 heteroatoms. The normalized spacial score (nSPS) is 11.7. The highest BCUT2D eigenvalue weighted by Crippen LogP contribution is 2.69. The van der Waals surface area contributed by atoms with E-state index in [-0.39, 0.29) is 5.66 Å². The summed E-state index contributed by atoms with van der Waals surface area (Å²) in [6.07, 6.45) is 0. The third-order valence-corrected chi connectivity index (χ3v) is 5.85. The summed E-state index contributed by atoms with van der Waals surface area (Å²) >= 11 is 14.6. The van der Waals surface area contributed by atoms with Crippen LogP contribution in [0.5, 0.6) is 0 Å². The average Bonchev–Trinajstić information content (AvgIpc) is 2.30. The van der Waals surface area contributed by atoms with Crippen LogP contribution in [-0.4, -0.2) is 0 Å². The van der Waals surface area contributed by atoms with Crippen molar-refractivity contribution in [1.82, 2.24) is 0 Å². The fraction of sp³-hybridized carbons (Fsp3) is 0.0769. The van der Waals surface area contributed by atoms with Gasteiger partial charge in [0.2, 0.25) is 0 Å². The minimum Gasteiger partial charge on any atom is -0.131 e. The van der Waals surface area contributed by atoms with E-state index in [1.807, 2.05) is 36.4 Å². The van der Waals surface area contributed by atoms with Gasteiger partial charge in [-0.05, 0) is 11.1 Å². The minimum atomic E-state index is -2.00. The van der Waals surface area contributed by atoms with E-state index in [4.69, 9.17) is 11.8 Å². The van der Waals surface area contributed by atoms with Crippen molar-refractivity contribution in [3.63, 3.8) is 0 Å². The van der Waals surface area contributed by atoms with Crippen molar-refractivity contribution in [3.8, 4) is 0 Å². The monoisotopic (exact) mass is 296 g/mol. The fourth-order valence-electron chi connectivity index (χ4n) is 1.85. The molecule has 17 heavy (non-hydrogen) atoms. The van der Waals surface area contributed by atoms with E-state index in [0.717, 1.165) is 0 Å².